The first-order chi connectivity index (χ1) is 14.8. The standard InChI is InChI=1S/C24H22ClN3O2S/c1-24(2,3)30-23(29)28-21-14-17(31-15-16-8-4-5-9-18(16)25)11-12-19(21)27-22(28)20-10-6-7-13-26-20/h4-14H,15H2,1-3H3. The predicted molar refractivity (Wildman–Crippen MR) is 126 cm³/mol. The summed E-state index contributed by atoms with van der Waals surface area (Å²) in [6, 6.07) is 19.2. The SMILES string of the molecule is CC(C)(C)OC(=O)n1c(-c2ccccn2)nc2ccc(SCc3ccccc3Cl)cc21. The van der Waals surface area contributed by atoms with Crippen LogP contribution in [0.3, 0.4) is 0 Å². The Morgan fingerprint density at radius 3 is 2.58 bits per heavy atom. The van der Waals surface area contributed by atoms with E-state index in [1.807, 2.05) is 81.4 Å². The van der Waals surface area contributed by atoms with Crippen LogP contribution in [0.15, 0.2) is 71.8 Å². The van der Waals surface area contributed by atoms with Crippen LogP contribution in [0.4, 0.5) is 4.79 Å². The topological polar surface area (TPSA) is 57.0 Å². The molecule has 0 unspecified atom stereocenters. The summed E-state index contributed by atoms with van der Waals surface area (Å²) in [6.45, 7) is 5.53. The fourth-order valence-corrected chi connectivity index (χ4v) is 4.30. The van der Waals surface area contributed by atoms with Gasteiger partial charge in [0.1, 0.15) is 11.3 Å². The van der Waals surface area contributed by atoms with E-state index in [2.05, 4.69) is 9.97 Å². The molecule has 0 aliphatic rings. The van der Waals surface area contributed by atoms with Crippen molar-refractivity contribution in [2.75, 3.05) is 0 Å². The lowest BCUT2D eigenvalue weighted by atomic mass is 10.2. The zero-order valence-corrected chi connectivity index (χ0v) is 19.1. The van der Waals surface area contributed by atoms with E-state index in [0.29, 0.717) is 22.6 Å². The highest BCUT2D eigenvalue weighted by atomic mass is 35.5. The molecule has 0 amide bonds. The number of pyridine rings is 1. The Morgan fingerprint density at radius 2 is 1.87 bits per heavy atom. The number of nitrogens with zero attached hydrogens (tertiary/aromatic N) is 3. The van der Waals surface area contributed by atoms with Gasteiger partial charge in [-0.1, -0.05) is 35.9 Å². The average Bonchev–Trinajstić information content (AvgIpc) is 3.11. The Kier molecular flexibility index (Phi) is 6.03. The Labute approximate surface area is 190 Å². The number of aromatic nitrogens is 3. The third kappa shape index (κ3) is 4.92. The van der Waals surface area contributed by atoms with E-state index in [0.717, 1.165) is 21.2 Å². The number of hydrogen-bond donors (Lipinski definition) is 0. The van der Waals surface area contributed by atoms with Crippen LogP contribution >= 0.6 is 23.4 Å². The first-order valence-electron chi connectivity index (χ1n) is 9.85. The van der Waals surface area contributed by atoms with Gasteiger partial charge in [0.25, 0.3) is 0 Å². The normalized spacial score (nSPS) is 11.6. The zero-order valence-electron chi connectivity index (χ0n) is 17.5. The smallest absolute Gasteiger partial charge is 0.420 e. The van der Waals surface area contributed by atoms with Crippen molar-refractivity contribution in [3.8, 4) is 11.5 Å². The number of carbonyl (C=O) groups excluding carboxylic acids is 1. The molecule has 31 heavy (non-hydrogen) atoms. The van der Waals surface area contributed by atoms with E-state index >= 15 is 0 Å². The molecule has 0 bridgehead atoms. The molecule has 2 heterocycles. The molecule has 4 rings (SSSR count). The molecule has 7 heteroatoms. The fraction of sp³-hybridized carbons (Fsp3) is 0.208. The number of thioether (sulfide) groups is 1. The molecule has 0 N–H and O–H groups in total. The highest BCUT2D eigenvalue weighted by Crippen LogP contribution is 2.31. The van der Waals surface area contributed by atoms with E-state index in [9.17, 15) is 4.79 Å². The van der Waals surface area contributed by atoms with Gasteiger partial charge in [0.2, 0.25) is 0 Å². The van der Waals surface area contributed by atoms with Gasteiger partial charge in [-0.2, -0.15) is 0 Å². The first-order valence-corrected chi connectivity index (χ1v) is 11.2. The molecule has 0 aliphatic carbocycles. The van der Waals surface area contributed by atoms with Crippen molar-refractivity contribution in [3.05, 3.63) is 77.4 Å². The van der Waals surface area contributed by atoms with Crippen molar-refractivity contribution in [3.63, 3.8) is 0 Å². The minimum atomic E-state index is -0.633. The van der Waals surface area contributed by atoms with Crippen molar-refractivity contribution in [1.82, 2.24) is 14.5 Å². The fourth-order valence-electron chi connectivity index (χ4n) is 3.08. The number of benzene rings is 2. The monoisotopic (exact) mass is 451 g/mol. The van der Waals surface area contributed by atoms with Crippen LogP contribution in [0.25, 0.3) is 22.6 Å². The van der Waals surface area contributed by atoms with Gasteiger partial charge in [-0.05, 0) is 62.7 Å². The summed E-state index contributed by atoms with van der Waals surface area (Å²) in [5, 5.41) is 0.743. The van der Waals surface area contributed by atoms with Gasteiger partial charge in [0.05, 0.1) is 11.0 Å². The highest BCUT2D eigenvalue weighted by Gasteiger charge is 2.24. The minimum Gasteiger partial charge on any atom is -0.443 e. The Morgan fingerprint density at radius 1 is 1.10 bits per heavy atom. The van der Waals surface area contributed by atoms with Crippen LogP contribution in [0.1, 0.15) is 26.3 Å². The van der Waals surface area contributed by atoms with Gasteiger partial charge < -0.3 is 4.74 Å². The van der Waals surface area contributed by atoms with Crippen LogP contribution in [0.2, 0.25) is 5.02 Å². The molecule has 0 spiro atoms. The summed E-state index contributed by atoms with van der Waals surface area (Å²) >= 11 is 7.94. The molecule has 0 saturated heterocycles. The second-order valence-electron chi connectivity index (χ2n) is 8.00. The van der Waals surface area contributed by atoms with Gasteiger partial charge in [-0.15, -0.1) is 11.8 Å². The average molecular weight is 452 g/mol. The largest absolute Gasteiger partial charge is 0.443 e. The number of imidazole rings is 1. The van der Waals surface area contributed by atoms with Crippen molar-refractivity contribution in [1.29, 1.82) is 0 Å². The predicted octanol–water partition coefficient (Wildman–Crippen LogP) is 6.83. The van der Waals surface area contributed by atoms with Crippen LogP contribution in [-0.2, 0) is 10.5 Å². The quantitative estimate of drug-likeness (QED) is 0.318. The maximum atomic E-state index is 13.1. The van der Waals surface area contributed by atoms with Crippen molar-refractivity contribution in [2.24, 2.45) is 0 Å². The van der Waals surface area contributed by atoms with Crippen LogP contribution < -0.4 is 0 Å². The van der Waals surface area contributed by atoms with E-state index in [1.54, 1.807) is 18.0 Å². The van der Waals surface area contributed by atoms with Gasteiger partial charge in [-0.3, -0.25) is 4.98 Å². The maximum absolute atomic E-state index is 13.1. The van der Waals surface area contributed by atoms with Gasteiger partial charge >= 0.3 is 6.09 Å². The molecule has 158 valence electrons. The molecular weight excluding hydrogens is 430 g/mol. The van der Waals surface area contributed by atoms with E-state index < -0.39 is 11.7 Å². The van der Waals surface area contributed by atoms with E-state index in [1.165, 1.54) is 4.57 Å². The molecule has 0 fully saturated rings. The number of carbonyl (C=O) groups is 1. The van der Waals surface area contributed by atoms with Crippen molar-refractivity contribution >= 4 is 40.5 Å². The van der Waals surface area contributed by atoms with Gasteiger partial charge in [0.15, 0.2) is 5.82 Å². The van der Waals surface area contributed by atoms with Gasteiger partial charge in [0, 0.05) is 21.9 Å². The number of rotatable bonds is 4. The molecular formula is C24H22ClN3O2S. The molecule has 0 radical (unpaired) electrons. The lowest BCUT2D eigenvalue weighted by Gasteiger charge is -2.20. The van der Waals surface area contributed by atoms with Crippen molar-refractivity contribution < 1.29 is 9.53 Å². The number of hydrogen-bond acceptors (Lipinski definition) is 5. The molecule has 0 aliphatic heterocycles. The number of fused-ring (bicyclic) bond motifs is 1. The van der Waals surface area contributed by atoms with Crippen molar-refractivity contribution in [2.45, 2.75) is 37.0 Å². The Balaban J connectivity index is 1.75. The second-order valence-corrected chi connectivity index (χ2v) is 9.45. The van der Waals surface area contributed by atoms with Gasteiger partial charge in [-0.25, -0.2) is 14.3 Å². The Hall–Kier alpha value is -2.83. The molecule has 2 aromatic heterocycles. The molecule has 2 aromatic carbocycles. The van der Waals surface area contributed by atoms with Crippen LogP contribution in [0, 0.1) is 0 Å². The summed E-state index contributed by atoms with van der Waals surface area (Å²) in [5.41, 5.74) is 2.41. The zero-order chi connectivity index (χ0) is 22.0. The number of halogens is 1. The summed E-state index contributed by atoms with van der Waals surface area (Å²) < 4.78 is 7.17. The summed E-state index contributed by atoms with van der Waals surface area (Å²) in [7, 11) is 0. The van der Waals surface area contributed by atoms with E-state index in [-0.39, 0.29) is 0 Å². The molecule has 0 atom stereocenters. The minimum absolute atomic E-state index is 0.457. The summed E-state index contributed by atoms with van der Waals surface area (Å²) in [6.07, 6.45) is 1.20. The molecule has 5 nitrogen and oxygen atoms in total. The third-order valence-corrected chi connectivity index (χ3v) is 5.86. The molecule has 4 aromatic rings. The summed E-state index contributed by atoms with van der Waals surface area (Å²) in [5.74, 6) is 1.18. The lowest BCUT2D eigenvalue weighted by Crippen LogP contribution is -2.27. The Bertz CT molecular complexity index is 1230. The second kappa shape index (κ2) is 8.73. The molecule has 0 saturated carbocycles. The van der Waals surface area contributed by atoms with E-state index in [4.69, 9.17) is 16.3 Å². The lowest BCUT2D eigenvalue weighted by molar-refractivity contribution is 0.0546. The maximum Gasteiger partial charge on any atom is 0.420 e. The highest BCUT2D eigenvalue weighted by molar-refractivity contribution is 7.98. The first kappa shape index (κ1) is 21.4. The number of ether oxygens (including phenoxy) is 1. The third-order valence-electron chi connectivity index (χ3n) is 4.45. The van der Waals surface area contributed by atoms with Crippen LogP contribution in [-0.4, -0.2) is 26.2 Å². The summed E-state index contributed by atoms with van der Waals surface area (Å²) in [4.78, 5) is 23.2. The van der Waals surface area contributed by atoms with Crippen LogP contribution in [0.5, 0.6) is 0 Å².